The molecule has 8 heteroatoms. The number of benzene rings is 3. The number of ether oxygens (including phenoxy) is 1. The van der Waals surface area contributed by atoms with Gasteiger partial charge in [0.15, 0.2) is 0 Å². The van der Waals surface area contributed by atoms with Crippen molar-refractivity contribution in [3.8, 4) is 5.75 Å². The highest BCUT2D eigenvalue weighted by atomic mass is 19.1. The van der Waals surface area contributed by atoms with E-state index < -0.39 is 35.8 Å². The normalized spacial score (nSPS) is 10.4. The van der Waals surface area contributed by atoms with Crippen molar-refractivity contribution in [2.24, 2.45) is 0 Å². The summed E-state index contributed by atoms with van der Waals surface area (Å²) in [6, 6.07) is 15.1. The summed E-state index contributed by atoms with van der Waals surface area (Å²) < 4.78 is 45.2. The van der Waals surface area contributed by atoms with Crippen LogP contribution in [-0.2, 0) is 11.4 Å². The lowest BCUT2D eigenvalue weighted by molar-refractivity contribution is -0.115. The summed E-state index contributed by atoms with van der Waals surface area (Å²) in [5.41, 5.74) is 0.831. The molecular weight excluding hydrogens is 397 g/mol. The first-order chi connectivity index (χ1) is 14.4. The molecule has 5 nitrogen and oxygen atoms in total. The highest BCUT2D eigenvalue weighted by molar-refractivity contribution is 5.99. The summed E-state index contributed by atoms with van der Waals surface area (Å²) in [5, 5.41) is 4.87. The molecule has 0 fully saturated rings. The minimum Gasteiger partial charge on any atom is -0.489 e. The first-order valence-electron chi connectivity index (χ1n) is 8.91. The van der Waals surface area contributed by atoms with Crippen LogP contribution in [0.1, 0.15) is 15.9 Å². The van der Waals surface area contributed by atoms with Crippen LogP contribution in [0.3, 0.4) is 0 Å². The Morgan fingerprint density at radius 3 is 2.40 bits per heavy atom. The molecule has 0 radical (unpaired) electrons. The molecule has 2 N–H and O–H groups in total. The van der Waals surface area contributed by atoms with Crippen molar-refractivity contribution in [2.75, 3.05) is 11.9 Å². The molecule has 2 amide bonds. The van der Waals surface area contributed by atoms with Crippen LogP contribution in [0.5, 0.6) is 5.75 Å². The number of anilines is 1. The van der Waals surface area contributed by atoms with E-state index in [1.807, 2.05) is 0 Å². The molecule has 3 aromatic carbocycles. The van der Waals surface area contributed by atoms with Gasteiger partial charge >= 0.3 is 0 Å². The fourth-order valence-corrected chi connectivity index (χ4v) is 2.60. The first-order valence-corrected chi connectivity index (χ1v) is 8.91. The summed E-state index contributed by atoms with van der Waals surface area (Å²) in [7, 11) is 0. The highest BCUT2D eigenvalue weighted by Crippen LogP contribution is 2.16. The monoisotopic (exact) mass is 414 g/mol. The van der Waals surface area contributed by atoms with Crippen molar-refractivity contribution in [1.82, 2.24) is 5.32 Å². The van der Waals surface area contributed by atoms with Crippen LogP contribution in [0.25, 0.3) is 0 Å². The van der Waals surface area contributed by atoms with E-state index >= 15 is 0 Å². The molecule has 0 bridgehead atoms. The Labute approximate surface area is 170 Å². The average Bonchev–Trinajstić information content (AvgIpc) is 2.71. The first kappa shape index (κ1) is 20.9. The van der Waals surface area contributed by atoms with E-state index in [0.717, 1.165) is 17.7 Å². The Morgan fingerprint density at radius 2 is 1.63 bits per heavy atom. The van der Waals surface area contributed by atoms with E-state index in [1.54, 1.807) is 30.3 Å². The Bertz CT molecular complexity index is 1070. The molecule has 0 saturated carbocycles. The lowest BCUT2D eigenvalue weighted by atomic mass is 10.2. The number of hydrogen-bond acceptors (Lipinski definition) is 3. The molecule has 3 aromatic rings. The zero-order valence-electron chi connectivity index (χ0n) is 15.6. The number of carbonyl (C=O) groups is 2. The molecule has 0 unspecified atom stereocenters. The zero-order chi connectivity index (χ0) is 21.5. The SMILES string of the molecule is O=C(CNC(=O)c1ccc(F)cc1F)Nc1cccc(COc2cccc(F)c2)c1. The molecule has 30 heavy (non-hydrogen) atoms. The second-order valence-corrected chi connectivity index (χ2v) is 6.30. The van der Waals surface area contributed by atoms with Gasteiger partial charge in [-0.15, -0.1) is 0 Å². The van der Waals surface area contributed by atoms with Crippen LogP contribution in [0.4, 0.5) is 18.9 Å². The predicted molar refractivity (Wildman–Crippen MR) is 104 cm³/mol. The van der Waals surface area contributed by atoms with Crippen LogP contribution in [0.15, 0.2) is 66.7 Å². The molecule has 0 atom stereocenters. The van der Waals surface area contributed by atoms with Gasteiger partial charge in [0.05, 0.1) is 12.1 Å². The second-order valence-electron chi connectivity index (χ2n) is 6.30. The molecule has 0 heterocycles. The van der Waals surface area contributed by atoms with Gasteiger partial charge < -0.3 is 15.4 Å². The van der Waals surface area contributed by atoms with E-state index in [-0.39, 0.29) is 12.2 Å². The summed E-state index contributed by atoms with van der Waals surface area (Å²) in [6.45, 7) is -0.243. The maximum Gasteiger partial charge on any atom is 0.254 e. The van der Waals surface area contributed by atoms with Gasteiger partial charge in [0.1, 0.15) is 29.8 Å². The summed E-state index contributed by atoms with van der Waals surface area (Å²) in [5.74, 6) is -3.22. The Balaban J connectivity index is 1.52. The fourth-order valence-electron chi connectivity index (χ4n) is 2.60. The largest absolute Gasteiger partial charge is 0.489 e. The van der Waals surface area contributed by atoms with Crippen molar-refractivity contribution < 1.29 is 27.5 Å². The average molecular weight is 414 g/mol. The zero-order valence-corrected chi connectivity index (χ0v) is 15.6. The third-order valence-electron chi connectivity index (χ3n) is 4.00. The van der Waals surface area contributed by atoms with Crippen molar-refractivity contribution >= 4 is 17.5 Å². The van der Waals surface area contributed by atoms with E-state index in [2.05, 4.69) is 10.6 Å². The summed E-state index contributed by atoms with van der Waals surface area (Å²) in [4.78, 5) is 24.0. The number of amides is 2. The lowest BCUT2D eigenvalue weighted by Gasteiger charge is -2.10. The molecule has 0 aliphatic rings. The summed E-state index contributed by atoms with van der Waals surface area (Å²) in [6.07, 6.45) is 0. The minimum atomic E-state index is -1.01. The standard InChI is InChI=1S/C22H17F3N2O3/c23-15-4-2-6-18(10-15)30-13-14-3-1-5-17(9-14)27-21(28)12-26-22(29)19-8-7-16(24)11-20(19)25/h1-11H,12-13H2,(H,26,29)(H,27,28). The third kappa shape index (κ3) is 5.84. The Kier molecular flexibility index (Phi) is 6.69. The third-order valence-corrected chi connectivity index (χ3v) is 4.00. The van der Waals surface area contributed by atoms with Crippen LogP contribution in [0.2, 0.25) is 0 Å². The van der Waals surface area contributed by atoms with Crippen LogP contribution in [-0.4, -0.2) is 18.4 Å². The lowest BCUT2D eigenvalue weighted by Crippen LogP contribution is -2.33. The number of rotatable bonds is 7. The van der Waals surface area contributed by atoms with Gasteiger partial charge in [-0.3, -0.25) is 9.59 Å². The Morgan fingerprint density at radius 1 is 0.867 bits per heavy atom. The maximum atomic E-state index is 13.6. The number of hydrogen-bond donors (Lipinski definition) is 2. The van der Waals surface area contributed by atoms with E-state index in [9.17, 15) is 22.8 Å². The van der Waals surface area contributed by atoms with Crippen LogP contribution in [0, 0.1) is 17.5 Å². The Hall–Kier alpha value is -3.81. The molecule has 0 aliphatic heterocycles. The van der Waals surface area contributed by atoms with Crippen LogP contribution < -0.4 is 15.4 Å². The van der Waals surface area contributed by atoms with Gasteiger partial charge in [-0.1, -0.05) is 18.2 Å². The van der Waals surface area contributed by atoms with Gasteiger partial charge in [0.2, 0.25) is 5.91 Å². The molecule has 154 valence electrons. The van der Waals surface area contributed by atoms with E-state index in [4.69, 9.17) is 4.74 Å². The van der Waals surface area contributed by atoms with Crippen LogP contribution >= 0.6 is 0 Å². The smallest absolute Gasteiger partial charge is 0.254 e. The molecule has 0 aliphatic carbocycles. The predicted octanol–water partition coefficient (Wildman–Crippen LogP) is 4.05. The summed E-state index contributed by atoms with van der Waals surface area (Å²) >= 11 is 0. The van der Waals surface area contributed by atoms with E-state index in [0.29, 0.717) is 17.5 Å². The van der Waals surface area contributed by atoms with Crippen molar-refractivity contribution in [1.29, 1.82) is 0 Å². The van der Waals surface area contributed by atoms with Crippen molar-refractivity contribution in [2.45, 2.75) is 6.61 Å². The molecule has 0 saturated heterocycles. The number of nitrogens with one attached hydrogen (secondary N) is 2. The fraction of sp³-hybridized carbons (Fsp3) is 0.0909. The quantitative estimate of drug-likeness (QED) is 0.613. The molecule has 0 spiro atoms. The van der Waals surface area contributed by atoms with Crippen molar-refractivity contribution in [3.63, 3.8) is 0 Å². The van der Waals surface area contributed by atoms with Gasteiger partial charge in [-0.2, -0.15) is 0 Å². The molecule has 0 aromatic heterocycles. The topological polar surface area (TPSA) is 67.4 Å². The molecular formula is C22H17F3N2O3. The van der Waals surface area contributed by atoms with Gasteiger partial charge in [0.25, 0.3) is 5.91 Å². The second kappa shape index (κ2) is 9.60. The maximum absolute atomic E-state index is 13.6. The van der Waals surface area contributed by atoms with Crippen molar-refractivity contribution in [3.05, 3.63) is 95.3 Å². The number of carbonyl (C=O) groups excluding carboxylic acids is 2. The van der Waals surface area contributed by atoms with Gasteiger partial charge in [-0.05, 0) is 42.0 Å². The number of halogens is 3. The highest BCUT2D eigenvalue weighted by Gasteiger charge is 2.13. The van der Waals surface area contributed by atoms with E-state index in [1.165, 1.54) is 18.2 Å². The molecule has 3 rings (SSSR count). The van der Waals surface area contributed by atoms with Gasteiger partial charge in [0, 0.05) is 17.8 Å². The minimum absolute atomic E-state index is 0.160. The van der Waals surface area contributed by atoms with Gasteiger partial charge in [-0.25, -0.2) is 13.2 Å².